The maximum absolute atomic E-state index is 6.38. The van der Waals surface area contributed by atoms with Crippen LogP contribution in [-0.2, 0) is 18.0 Å². The van der Waals surface area contributed by atoms with Crippen LogP contribution in [0.15, 0.2) is 0 Å². The van der Waals surface area contributed by atoms with Gasteiger partial charge >= 0.3 is 8.80 Å². The molecule has 26 heavy (non-hydrogen) atoms. The molecule has 0 aromatic carbocycles. The first-order valence-electron chi connectivity index (χ1n) is 11.3. The van der Waals surface area contributed by atoms with E-state index in [9.17, 15) is 0 Å². The number of rotatable bonds is 7. The van der Waals surface area contributed by atoms with Crippen LogP contribution >= 0.6 is 0 Å². The van der Waals surface area contributed by atoms with Crippen LogP contribution in [-0.4, -0.2) is 40.8 Å². The molecule has 0 aromatic heterocycles. The number of fused-ring (bicyclic) bond motifs is 15. The van der Waals surface area contributed by atoms with E-state index in [0.717, 1.165) is 47.3 Å². The van der Waals surface area contributed by atoms with Gasteiger partial charge in [-0.15, -0.1) is 0 Å². The van der Waals surface area contributed by atoms with Crippen molar-refractivity contribution < 1.29 is 18.0 Å². The average molecular weight is 379 g/mol. The van der Waals surface area contributed by atoms with Crippen molar-refractivity contribution in [3.63, 3.8) is 0 Å². The third-order valence-electron chi connectivity index (χ3n) is 9.22. The Balaban J connectivity index is 1.32. The Bertz CT molecular complexity index is 567. The van der Waals surface area contributed by atoms with Crippen LogP contribution in [0.4, 0.5) is 0 Å². The molecule has 6 aliphatic rings. The van der Waals surface area contributed by atoms with Crippen molar-refractivity contribution in [1.82, 2.24) is 0 Å². The van der Waals surface area contributed by atoms with E-state index in [-0.39, 0.29) is 0 Å². The molecule has 6 fully saturated rings. The summed E-state index contributed by atoms with van der Waals surface area (Å²) in [5, 5.41) is 0. The summed E-state index contributed by atoms with van der Waals surface area (Å²) in [4.78, 5) is 0. The summed E-state index contributed by atoms with van der Waals surface area (Å²) in [6.45, 7) is 8.43. The van der Waals surface area contributed by atoms with E-state index in [1.807, 2.05) is 0 Å². The molecule has 146 valence electrons. The quantitative estimate of drug-likeness (QED) is 0.384. The van der Waals surface area contributed by atoms with Gasteiger partial charge in [0.2, 0.25) is 0 Å². The molecule has 1 heterocycles. The molecule has 0 N–H and O–H groups in total. The summed E-state index contributed by atoms with van der Waals surface area (Å²) >= 11 is 0. The smallest absolute Gasteiger partial charge is 0.374 e. The molecule has 5 saturated carbocycles. The second kappa shape index (κ2) is 5.79. The topological polar surface area (TPSA) is 40.2 Å². The highest BCUT2D eigenvalue weighted by Crippen LogP contribution is 2.77. The Hall–Kier alpha value is 0.0569. The molecule has 0 amide bonds. The molecular weight excluding hydrogens is 344 g/mol. The van der Waals surface area contributed by atoms with E-state index in [0.29, 0.717) is 37.6 Å². The van der Waals surface area contributed by atoms with Crippen molar-refractivity contribution in [2.24, 2.45) is 47.3 Å². The fraction of sp³-hybridized carbons (Fsp3) is 1.00. The minimum atomic E-state index is -2.59. The van der Waals surface area contributed by atoms with E-state index in [1.54, 1.807) is 0 Å². The molecular formula is C21H34O4Si. The van der Waals surface area contributed by atoms with Crippen LogP contribution in [0.2, 0.25) is 5.54 Å². The first-order valence-corrected chi connectivity index (χ1v) is 13.1. The third kappa shape index (κ3) is 1.95. The van der Waals surface area contributed by atoms with Gasteiger partial charge in [-0.3, -0.25) is 0 Å². The Kier molecular flexibility index (Phi) is 3.78. The largest absolute Gasteiger partial charge is 0.504 e. The van der Waals surface area contributed by atoms with Gasteiger partial charge in [0.15, 0.2) is 0 Å². The molecule has 4 bridgehead atoms. The molecule has 11 unspecified atom stereocenters. The molecule has 11 atom stereocenters. The fourth-order valence-electron chi connectivity index (χ4n) is 9.07. The van der Waals surface area contributed by atoms with Crippen molar-refractivity contribution in [3.05, 3.63) is 0 Å². The second-order valence-corrected chi connectivity index (χ2v) is 12.5. The monoisotopic (exact) mass is 378 g/mol. The highest BCUT2D eigenvalue weighted by Gasteiger charge is 2.77. The van der Waals surface area contributed by atoms with E-state index in [4.69, 9.17) is 18.0 Å². The lowest BCUT2D eigenvalue weighted by Crippen LogP contribution is -2.53. The lowest BCUT2D eigenvalue weighted by atomic mass is 9.64. The summed E-state index contributed by atoms with van der Waals surface area (Å²) in [5.41, 5.74) is 0.540. The highest BCUT2D eigenvalue weighted by atomic mass is 28.4. The molecule has 0 aromatic rings. The first kappa shape index (κ1) is 17.0. The maximum Gasteiger partial charge on any atom is 0.504 e. The summed E-state index contributed by atoms with van der Waals surface area (Å²) in [6.07, 6.45) is 6.93. The zero-order valence-electron chi connectivity index (χ0n) is 16.4. The zero-order chi connectivity index (χ0) is 17.6. The minimum Gasteiger partial charge on any atom is -0.374 e. The Labute approximate surface area is 158 Å². The Morgan fingerprint density at radius 1 is 0.692 bits per heavy atom. The van der Waals surface area contributed by atoms with Crippen LogP contribution in [0.1, 0.15) is 46.5 Å². The van der Waals surface area contributed by atoms with Crippen molar-refractivity contribution in [3.8, 4) is 0 Å². The van der Waals surface area contributed by atoms with Gasteiger partial charge in [-0.1, -0.05) is 0 Å². The number of hydrogen-bond donors (Lipinski definition) is 0. The average Bonchev–Trinajstić information content (AvgIpc) is 3.06. The minimum absolute atomic E-state index is 0.540. The van der Waals surface area contributed by atoms with Gasteiger partial charge in [0.25, 0.3) is 0 Å². The lowest BCUT2D eigenvalue weighted by molar-refractivity contribution is 0.0344. The van der Waals surface area contributed by atoms with Crippen LogP contribution < -0.4 is 0 Å². The maximum atomic E-state index is 6.38. The lowest BCUT2D eigenvalue weighted by Gasteiger charge is -2.44. The molecule has 5 heteroatoms. The van der Waals surface area contributed by atoms with E-state index < -0.39 is 8.80 Å². The van der Waals surface area contributed by atoms with Gasteiger partial charge < -0.3 is 18.0 Å². The predicted octanol–water partition coefficient (Wildman–Crippen LogP) is 3.73. The molecule has 0 spiro atoms. The molecule has 4 nitrogen and oxygen atoms in total. The van der Waals surface area contributed by atoms with Crippen molar-refractivity contribution in [1.29, 1.82) is 0 Å². The van der Waals surface area contributed by atoms with Crippen LogP contribution in [0.3, 0.4) is 0 Å². The molecule has 5 aliphatic carbocycles. The Morgan fingerprint density at radius 3 is 1.88 bits per heavy atom. The number of hydrogen-bond acceptors (Lipinski definition) is 4. The standard InChI is InChI=1S/C21H34O4Si/c1-4-22-26(23-5-2,24-6-3)16-8-7-11-12-9-13(17(11)16)19-15-10-14(18(12)19)20-21(15)25-20/h11-21H,4-10H2,1-3H3. The third-order valence-corrected chi connectivity index (χ3v) is 12.9. The second-order valence-electron chi connectivity index (χ2n) is 9.67. The number of ether oxygens (including phenoxy) is 1. The van der Waals surface area contributed by atoms with E-state index >= 15 is 0 Å². The fourth-order valence-corrected chi connectivity index (χ4v) is 12.7. The van der Waals surface area contributed by atoms with Gasteiger partial charge in [-0.25, -0.2) is 0 Å². The SMILES string of the molecule is CCO[Si](OCC)(OCC)C1CCC2C3CC(C4C5CC(C6OC56)C34)C21. The van der Waals surface area contributed by atoms with Crippen LogP contribution in [0, 0.1) is 47.3 Å². The van der Waals surface area contributed by atoms with Gasteiger partial charge in [0, 0.05) is 25.4 Å². The summed E-state index contributed by atoms with van der Waals surface area (Å²) < 4.78 is 25.2. The predicted molar refractivity (Wildman–Crippen MR) is 99.4 cm³/mol. The molecule has 1 aliphatic heterocycles. The van der Waals surface area contributed by atoms with Crippen LogP contribution in [0.5, 0.6) is 0 Å². The Morgan fingerprint density at radius 2 is 1.27 bits per heavy atom. The highest BCUT2D eigenvalue weighted by molar-refractivity contribution is 6.62. The summed E-state index contributed by atoms with van der Waals surface area (Å²) in [5.74, 6) is 7.33. The van der Waals surface area contributed by atoms with Gasteiger partial charge in [0.1, 0.15) is 0 Å². The van der Waals surface area contributed by atoms with E-state index in [2.05, 4.69) is 20.8 Å². The van der Waals surface area contributed by atoms with Crippen molar-refractivity contribution in [2.45, 2.75) is 64.2 Å². The summed E-state index contributed by atoms with van der Waals surface area (Å²) in [7, 11) is -2.59. The number of epoxide rings is 1. The van der Waals surface area contributed by atoms with Gasteiger partial charge in [0.05, 0.1) is 12.2 Å². The van der Waals surface area contributed by atoms with Crippen molar-refractivity contribution >= 4 is 8.80 Å². The normalized spacial score (nSPS) is 55.3. The zero-order valence-corrected chi connectivity index (χ0v) is 17.4. The van der Waals surface area contributed by atoms with Crippen molar-refractivity contribution in [2.75, 3.05) is 19.8 Å². The summed E-state index contributed by atoms with van der Waals surface area (Å²) in [6, 6.07) is 0. The van der Waals surface area contributed by atoms with Crippen LogP contribution in [0.25, 0.3) is 0 Å². The van der Waals surface area contributed by atoms with Gasteiger partial charge in [-0.2, -0.15) is 0 Å². The first-order chi connectivity index (χ1) is 12.7. The van der Waals surface area contributed by atoms with E-state index in [1.165, 1.54) is 25.7 Å². The molecule has 1 saturated heterocycles. The van der Waals surface area contributed by atoms with Gasteiger partial charge in [-0.05, 0) is 93.8 Å². The molecule has 6 rings (SSSR count). The molecule has 0 radical (unpaired) electrons.